The normalized spacial score (nSPS) is 12.5. The van der Waals surface area contributed by atoms with Crippen molar-refractivity contribution in [1.82, 2.24) is 0 Å². The minimum Gasteiger partial charge on any atom is -0.207 e. The average molecular weight is 313 g/mol. The minimum atomic E-state index is -0.129. The van der Waals surface area contributed by atoms with Crippen LogP contribution < -0.4 is 0 Å². The standard InChI is InChI=1S/C19H30ClF/c1-2-3-4-5-6-7-8-9-10-14-18(20)16-17-13-11-12-15-19(17)21/h11-13,15,18H,2-10,14,16H2,1H3. The smallest absolute Gasteiger partial charge is 0.126 e. The Bertz CT molecular complexity index is 364. The number of rotatable bonds is 12. The Balaban J connectivity index is 1.99. The van der Waals surface area contributed by atoms with E-state index in [9.17, 15) is 4.39 Å². The Morgan fingerprint density at radius 1 is 0.905 bits per heavy atom. The zero-order chi connectivity index (χ0) is 15.3. The average Bonchev–Trinajstić information content (AvgIpc) is 2.48. The fourth-order valence-corrected chi connectivity index (χ4v) is 3.00. The summed E-state index contributed by atoms with van der Waals surface area (Å²) in [6.45, 7) is 2.25. The molecule has 1 atom stereocenters. The summed E-state index contributed by atoms with van der Waals surface area (Å²) in [6.07, 6.45) is 13.6. The van der Waals surface area contributed by atoms with Crippen LogP contribution in [0.5, 0.6) is 0 Å². The van der Waals surface area contributed by atoms with Crippen molar-refractivity contribution in [3.8, 4) is 0 Å². The Kier molecular flexibility index (Phi) is 10.6. The van der Waals surface area contributed by atoms with Crippen LogP contribution in [0.15, 0.2) is 24.3 Å². The number of hydrogen-bond donors (Lipinski definition) is 0. The quantitative estimate of drug-likeness (QED) is 0.291. The molecule has 0 bridgehead atoms. The van der Waals surface area contributed by atoms with Gasteiger partial charge in [0.15, 0.2) is 0 Å². The molecule has 0 heterocycles. The summed E-state index contributed by atoms with van der Waals surface area (Å²) in [7, 11) is 0. The maximum absolute atomic E-state index is 13.5. The van der Waals surface area contributed by atoms with Gasteiger partial charge in [0.05, 0.1) is 0 Å². The van der Waals surface area contributed by atoms with E-state index in [2.05, 4.69) is 6.92 Å². The van der Waals surface area contributed by atoms with E-state index in [4.69, 9.17) is 11.6 Å². The van der Waals surface area contributed by atoms with Crippen LogP contribution >= 0.6 is 11.6 Å². The van der Waals surface area contributed by atoms with Crippen molar-refractivity contribution in [3.05, 3.63) is 35.6 Å². The molecule has 0 aliphatic heterocycles. The topological polar surface area (TPSA) is 0 Å². The van der Waals surface area contributed by atoms with E-state index in [0.29, 0.717) is 6.42 Å². The van der Waals surface area contributed by atoms with Gasteiger partial charge >= 0.3 is 0 Å². The van der Waals surface area contributed by atoms with Crippen molar-refractivity contribution in [2.75, 3.05) is 0 Å². The highest BCUT2D eigenvalue weighted by atomic mass is 35.5. The van der Waals surface area contributed by atoms with Gasteiger partial charge in [-0.25, -0.2) is 4.39 Å². The van der Waals surface area contributed by atoms with Crippen molar-refractivity contribution < 1.29 is 4.39 Å². The van der Waals surface area contributed by atoms with Crippen molar-refractivity contribution in [2.45, 2.75) is 82.9 Å². The maximum Gasteiger partial charge on any atom is 0.126 e. The van der Waals surface area contributed by atoms with Crippen LogP contribution in [0.25, 0.3) is 0 Å². The van der Waals surface area contributed by atoms with Crippen molar-refractivity contribution in [3.63, 3.8) is 0 Å². The first-order valence-corrected chi connectivity index (χ1v) is 9.05. The molecule has 0 aliphatic rings. The van der Waals surface area contributed by atoms with Gasteiger partial charge in [0.2, 0.25) is 0 Å². The predicted octanol–water partition coefficient (Wildman–Crippen LogP) is 6.90. The number of halogens is 2. The molecule has 0 saturated heterocycles. The molecule has 1 unspecified atom stereocenters. The van der Waals surface area contributed by atoms with Gasteiger partial charge in [-0.15, -0.1) is 11.6 Å². The van der Waals surface area contributed by atoms with Crippen LogP contribution in [0.2, 0.25) is 0 Å². The van der Waals surface area contributed by atoms with Gasteiger partial charge in [0.25, 0.3) is 0 Å². The molecule has 0 aliphatic carbocycles. The summed E-state index contributed by atoms with van der Waals surface area (Å²) in [6, 6.07) is 6.95. The van der Waals surface area contributed by atoms with Crippen LogP contribution in [0.4, 0.5) is 4.39 Å². The highest BCUT2D eigenvalue weighted by Gasteiger charge is 2.08. The lowest BCUT2D eigenvalue weighted by molar-refractivity contribution is 0.547. The molecule has 0 radical (unpaired) electrons. The molecule has 0 nitrogen and oxygen atoms in total. The Morgan fingerprint density at radius 3 is 2.10 bits per heavy atom. The van der Waals surface area contributed by atoms with Crippen LogP contribution in [0.3, 0.4) is 0 Å². The molecule has 0 fully saturated rings. The second-order valence-corrected chi connectivity index (χ2v) is 6.63. The van der Waals surface area contributed by atoms with Crippen molar-refractivity contribution in [1.29, 1.82) is 0 Å². The summed E-state index contributed by atoms with van der Waals surface area (Å²) in [4.78, 5) is 0. The SMILES string of the molecule is CCCCCCCCCCCC(Cl)Cc1ccccc1F. The lowest BCUT2D eigenvalue weighted by atomic mass is 10.0. The highest BCUT2D eigenvalue weighted by molar-refractivity contribution is 6.20. The fraction of sp³-hybridized carbons (Fsp3) is 0.684. The third-order valence-corrected chi connectivity index (χ3v) is 4.39. The fourth-order valence-electron chi connectivity index (χ4n) is 2.68. The first-order chi connectivity index (χ1) is 10.2. The number of alkyl halides is 1. The molecular formula is C19H30ClF. The Morgan fingerprint density at radius 2 is 1.48 bits per heavy atom. The van der Waals surface area contributed by atoms with E-state index in [1.165, 1.54) is 57.4 Å². The van der Waals surface area contributed by atoms with Gasteiger partial charge in [0.1, 0.15) is 5.82 Å². The summed E-state index contributed by atoms with van der Waals surface area (Å²) >= 11 is 6.32. The molecule has 0 spiro atoms. The van der Waals surface area contributed by atoms with E-state index in [1.54, 1.807) is 6.07 Å². The second kappa shape index (κ2) is 12.0. The third kappa shape index (κ3) is 9.14. The zero-order valence-corrected chi connectivity index (χ0v) is 14.2. The zero-order valence-electron chi connectivity index (χ0n) is 13.4. The summed E-state index contributed by atoms with van der Waals surface area (Å²) in [5.74, 6) is -0.129. The van der Waals surface area contributed by atoms with E-state index < -0.39 is 0 Å². The second-order valence-electron chi connectivity index (χ2n) is 6.01. The van der Waals surface area contributed by atoms with E-state index >= 15 is 0 Å². The number of unbranched alkanes of at least 4 members (excludes halogenated alkanes) is 8. The highest BCUT2D eigenvalue weighted by Crippen LogP contribution is 2.18. The molecule has 0 N–H and O–H groups in total. The lowest BCUT2D eigenvalue weighted by Gasteiger charge is -2.10. The Hall–Kier alpha value is -0.560. The monoisotopic (exact) mass is 312 g/mol. The molecule has 0 amide bonds. The third-order valence-electron chi connectivity index (χ3n) is 4.02. The molecule has 1 aromatic rings. The van der Waals surface area contributed by atoms with Gasteiger partial charge in [0, 0.05) is 5.38 Å². The summed E-state index contributed by atoms with van der Waals surface area (Å²) in [5, 5.41) is 0.0615. The first-order valence-electron chi connectivity index (χ1n) is 8.61. The molecular weight excluding hydrogens is 283 g/mol. The predicted molar refractivity (Wildman–Crippen MR) is 91.6 cm³/mol. The number of benzene rings is 1. The largest absolute Gasteiger partial charge is 0.207 e. The van der Waals surface area contributed by atoms with Gasteiger partial charge in [-0.2, -0.15) is 0 Å². The lowest BCUT2D eigenvalue weighted by Crippen LogP contribution is -2.05. The molecule has 1 rings (SSSR count). The van der Waals surface area contributed by atoms with Gasteiger partial charge in [-0.05, 0) is 24.5 Å². The maximum atomic E-state index is 13.5. The Labute approximate surface area is 135 Å². The van der Waals surface area contributed by atoms with Gasteiger partial charge in [-0.1, -0.05) is 82.9 Å². The van der Waals surface area contributed by atoms with Crippen LogP contribution in [0.1, 0.15) is 76.7 Å². The van der Waals surface area contributed by atoms with E-state index in [-0.39, 0.29) is 11.2 Å². The molecule has 21 heavy (non-hydrogen) atoms. The molecule has 0 aromatic heterocycles. The molecule has 1 aromatic carbocycles. The molecule has 120 valence electrons. The molecule has 2 heteroatoms. The first kappa shape index (κ1) is 18.5. The summed E-state index contributed by atoms with van der Waals surface area (Å²) in [5.41, 5.74) is 0.744. The summed E-state index contributed by atoms with van der Waals surface area (Å²) < 4.78 is 13.5. The van der Waals surface area contributed by atoms with Crippen LogP contribution in [0, 0.1) is 5.82 Å². The van der Waals surface area contributed by atoms with Crippen LogP contribution in [-0.4, -0.2) is 5.38 Å². The molecule has 0 saturated carbocycles. The van der Waals surface area contributed by atoms with Crippen molar-refractivity contribution in [2.24, 2.45) is 0 Å². The van der Waals surface area contributed by atoms with Gasteiger partial charge in [-0.3, -0.25) is 0 Å². The number of hydrogen-bond acceptors (Lipinski definition) is 0. The van der Waals surface area contributed by atoms with Crippen LogP contribution in [-0.2, 0) is 6.42 Å². The van der Waals surface area contributed by atoms with E-state index in [1.807, 2.05) is 12.1 Å². The minimum absolute atomic E-state index is 0.0615. The van der Waals surface area contributed by atoms with Crippen molar-refractivity contribution >= 4 is 11.6 Å². The van der Waals surface area contributed by atoms with Gasteiger partial charge < -0.3 is 0 Å². The van der Waals surface area contributed by atoms with E-state index in [0.717, 1.165) is 18.4 Å².